The number of fused-ring (bicyclic) bond motifs is 2. The summed E-state index contributed by atoms with van der Waals surface area (Å²) in [6.07, 6.45) is 7.98. The summed E-state index contributed by atoms with van der Waals surface area (Å²) in [5.41, 5.74) is 1.61. The molecular formula is C17H22N2O2. The van der Waals surface area contributed by atoms with Crippen molar-refractivity contribution in [2.24, 2.45) is 5.92 Å². The quantitative estimate of drug-likeness (QED) is 0.851. The maximum absolute atomic E-state index is 12.1. The van der Waals surface area contributed by atoms with Gasteiger partial charge in [0.05, 0.1) is 12.2 Å². The van der Waals surface area contributed by atoms with Crippen LogP contribution in [0.25, 0.3) is 11.1 Å². The third-order valence-electron chi connectivity index (χ3n) is 5.25. The zero-order valence-corrected chi connectivity index (χ0v) is 12.3. The van der Waals surface area contributed by atoms with Gasteiger partial charge >= 0.3 is 5.76 Å². The van der Waals surface area contributed by atoms with Crippen LogP contribution in [0.2, 0.25) is 0 Å². The van der Waals surface area contributed by atoms with Gasteiger partial charge in [0.1, 0.15) is 0 Å². The van der Waals surface area contributed by atoms with Crippen molar-refractivity contribution in [2.45, 2.75) is 51.2 Å². The fourth-order valence-corrected chi connectivity index (χ4v) is 4.23. The molecule has 1 aromatic carbocycles. The second-order valence-electron chi connectivity index (χ2n) is 6.47. The zero-order valence-electron chi connectivity index (χ0n) is 12.3. The van der Waals surface area contributed by atoms with Crippen molar-refractivity contribution in [3.63, 3.8) is 0 Å². The number of hydrogen-bond donors (Lipinski definition) is 0. The van der Waals surface area contributed by atoms with Crippen molar-refractivity contribution in [3.8, 4) is 0 Å². The van der Waals surface area contributed by atoms with E-state index in [0.29, 0.717) is 18.3 Å². The predicted molar refractivity (Wildman–Crippen MR) is 82.2 cm³/mol. The van der Waals surface area contributed by atoms with Gasteiger partial charge in [-0.15, -0.1) is 0 Å². The smallest absolute Gasteiger partial charge is 0.408 e. The second-order valence-corrected chi connectivity index (χ2v) is 6.47. The highest BCUT2D eigenvalue weighted by molar-refractivity contribution is 5.72. The lowest BCUT2D eigenvalue weighted by Crippen LogP contribution is -2.48. The van der Waals surface area contributed by atoms with Crippen molar-refractivity contribution < 1.29 is 4.42 Å². The molecule has 4 nitrogen and oxygen atoms in total. The lowest BCUT2D eigenvalue weighted by molar-refractivity contribution is 0.0357. The Morgan fingerprint density at radius 1 is 1.10 bits per heavy atom. The largest absolute Gasteiger partial charge is 0.421 e. The predicted octanol–water partition coefficient (Wildman–Crippen LogP) is 3.21. The summed E-state index contributed by atoms with van der Waals surface area (Å²) in [4.78, 5) is 14.7. The average Bonchev–Trinajstić information content (AvgIpc) is 2.84. The first-order valence-electron chi connectivity index (χ1n) is 8.15. The molecule has 1 saturated heterocycles. The molecule has 4 heteroatoms. The molecule has 0 radical (unpaired) electrons. The number of nitrogens with zero attached hydrogens (tertiary/aromatic N) is 2. The van der Waals surface area contributed by atoms with Crippen LogP contribution in [-0.4, -0.2) is 22.1 Å². The third-order valence-corrected chi connectivity index (χ3v) is 5.25. The van der Waals surface area contributed by atoms with Crippen LogP contribution in [0.5, 0.6) is 0 Å². The Morgan fingerprint density at radius 3 is 2.86 bits per heavy atom. The number of oxazole rings is 1. The van der Waals surface area contributed by atoms with E-state index in [0.717, 1.165) is 18.0 Å². The summed E-state index contributed by atoms with van der Waals surface area (Å²) in [5.74, 6) is 0.607. The molecule has 1 aliphatic carbocycles. The Labute approximate surface area is 124 Å². The summed E-state index contributed by atoms with van der Waals surface area (Å²) < 4.78 is 7.16. The van der Waals surface area contributed by atoms with Crippen molar-refractivity contribution in [1.29, 1.82) is 0 Å². The maximum atomic E-state index is 12.1. The first-order chi connectivity index (χ1) is 10.3. The molecular weight excluding hydrogens is 264 g/mol. The Hall–Kier alpha value is -1.55. The van der Waals surface area contributed by atoms with Gasteiger partial charge < -0.3 is 4.42 Å². The molecule has 1 aromatic heterocycles. The lowest BCUT2D eigenvalue weighted by Gasteiger charge is -2.44. The van der Waals surface area contributed by atoms with Gasteiger partial charge in [-0.25, -0.2) is 4.79 Å². The van der Waals surface area contributed by atoms with E-state index in [1.807, 2.05) is 24.3 Å². The summed E-state index contributed by atoms with van der Waals surface area (Å²) in [5, 5.41) is 0. The Kier molecular flexibility index (Phi) is 3.34. The number of piperidine rings is 1. The Balaban J connectivity index is 1.64. The van der Waals surface area contributed by atoms with Crippen LogP contribution >= 0.6 is 0 Å². The number of likely N-dealkylation sites (tertiary alicyclic amines) is 1. The molecule has 2 aromatic rings. The second kappa shape index (κ2) is 5.34. The maximum Gasteiger partial charge on any atom is 0.421 e. The molecule has 1 aliphatic heterocycles. The summed E-state index contributed by atoms with van der Waals surface area (Å²) in [6.45, 7) is 1.78. The first-order valence-corrected chi connectivity index (χ1v) is 8.15. The topological polar surface area (TPSA) is 38.4 Å². The van der Waals surface area contributed by atoms with Crippen LogP contribution in [0, 0.1) is 5.92 Å². The SMILES string of the molecule is O=c1oc2ccccc2n1CN1CCC[C@@H]2CCCC[C@H]21. The molecule has 2 fully saturated rings. The highest BCUT2D eigenvalue weighted by atomic mass is 16.4. The molecule has 2 heterocycles. The Morgan fingerprint density at radius 2 is 1.90 bits per heavy atom. The van der Waals surface area contributed by atoms with E-state index in [2.05, 4.69) is 4.90 Å². The molecule has 2 atom stereocenters. The van der Waals surface area contributed by atoms with Crippen molar-refractivity contribution in [2.75, 3.05) is 6.54 Å². The minimum Gasteiger partial charge on any atom is -0.408 e. The molecule has 21 heavy (non-hydrogen) atoms. The molecule has 0 spiro atoms. The molecule has 1 saturated carbocycles. The standard InChI is InChI=1S/C17H22N2O2/c20-17-19(15-9-3-4-10-16(15)21-17)12-18-11-5-7-13-6-1-2-8-14(13)18/h3-4,9-10,13-14H,1-2,5-8,11-12H2/t13-,14+/m0/s1. The van der Waals surface area contributed by atoms with E-state index in [1.54, 1.807) is 4.57 Å². The van der Waals surface area contributed by atoms with E-state index in [1.165, 1.54) is 38.5 Å². The van der Waals surface area contributed by atoms with Gasteiger partial charge in [0.15, 0.2) is 5.58 Å². The van der Waals surface area contributed by atoms with Crippen LogP contribution in [0.4, 0.5) is 0 Å². The Bertz CT molecular complexity index is 685. The average molecular weight is 286 g/mol. The van der Waals surface area contributed by atoms with Crippen LogP contribution in [0.15, 0.2) is 33.5 Å². The highest BCUT2D eigenvalue weighted by Gasteiger charge is 2.33. The minimum atomic E-state index is -0.228. The van der Waals surface area contributed by atoms with Crippen molar-refractivity contribution in [3.05, 3.63) is 34.8 Å². The number of benzene rings is 1. The van der Waals surface area contributed by atoms with Gasteiger partial charge in [0.25, 0.3) is 0 Å². The van der Waals surface area contributed by atoms with Crippen LogP contribution in [0.1, 0.15) is 38.5 Å². The molecule has 2 aliphatic rings. The number of rotatable bonds is 2. The summed E-state index contributed by atoms with van der Waals surface area (Å²) in [7, 11) is 0. The van der Waals surface area contributed by atoms with Gasteiger partial charge in [-0.05, 0) is 43.7 Å². The van der Waals surface area contributed by atoms with Gasteiger partial charge in [-0.1, -0.05) is 25.0 Å². The van der Waals surface area contributed by atoms with Crippen LogP contribution in [-0.2, 0) is 6.67 Å². The van der Waals surface area contributed by atoms with Crippen LogP contribution < -0.4 is 5.76 Å². The van der Waals surface area contributed by atoms with E-state index in [4.69, 9.17) is 4.42 Å². The summed E-state index contributed by atoms with van der Waals surface area (Å²) >= 11 is 0. The highest BCUT2D eigenvalue weighted by Crippen LogP contribution is 2.35. The molecule has 4 rings (SSSR count). The van der Waals surface area contributed by atoms with E-state index in [9.17, 15) is 4.79 Å². The first kappa shape index (κ1) is 13.1. The monoisotopic (exact) mass is 286 g/mol. The molecule has 0 amide bonds. The number of hydrogen-bond acceptors (Lipinski definition) is 3. The van der Waals surface area contributed by atoms with Crippen molar-refractivity contribution >= 4 is 11.1 Å². The number of para-hydroxylation sites is 2. The normalized spacial score (nSPS) is 26.9. The van der Waals surface area contributed by atoms with Crippen LogP contribution in [0.3, 0.4) is 0 Å². The fraction of sp³-hybridized carbons (Fsp3) is 0.588. The molecule has 0 unspecified atom stereocenters. The van der Waals surface area contributed by atoms with E-state index in [-0.39, 0.29) is 5.76 Å². The fourth-order valence-electron chi connectivity index (χ4n) is 4.23. The van der Waals surface area contributed by atoms with Gasteiger partial charge in [0, 0.05) is 12.6 Å². The van der Waals surface area contributed by atoms with E-state index >= 15 is 0 Å². The molecule has 0 N–H and O–H groups in total. The molecule has 112 valence electrons. The van der Waals surface area contributed by atoms with Gasteiger partial charge in [-0.3, -0.25) is 9.47 Å². The summed E-state index contributed by atoms with van der Waals surface area (Å²) in [6, 6.07) is 8.38. The molecule has 0 bridgehead atoms. The zero-order chi connectivity index (χ0) is 14.2. The van der Waals surface area contributed by atoms with Gasteiger partial charge in [0.2, 0.25) is 0 Å². The third kappa shape index (κ3) is 2.31. The lowest BCUT2D eigenvalue weighted by atomic mass is 9.78. The minimum absolute atomic E-state index is 0.228. The van der Waals surface area contributed by atoms with E-state index < -0.39 is 0 Å². The number of aromatic nitrogens is 1. The van der Waals surface area contributed by atoms with Gasteiger partial charge in [-0.2, -0.15) is 0 Å². The van der Waals surface area contributed by atoms with Crippen molar-refractivity contribution in [1.82, 2.24) is 9.47 Å².